The van der Waals surface area contributed by atoms with Gasteiger partial charge >= 0.3 is 0 Å². The smallest absolute Gasteiger partial charge is 0.125 e. The van der Waals surface area contributed by atoms with Gasteiger partial charge in [-0.2, -0.15) is 0 Å². The molecule has 2 heterocycles. The van der Waals surface area contributed by atoms with E-state index in [1.165, 1.54) is 5.56 Å². The van der Waals surface area contributed by atoms with E-state index in [9.17, 15) is 0 Å². The summed E-state index contributed by atoms with van der Waals surface area (Å²) in [7, 11) is 0. The van der Waals surface area contributed by atoms with E-state index in [1.54, 1.807) is 0 Å². The number of benzene rings is 1. The predicted octanol–water partition coefficient (Wildman–Crippen LogP) is 2.52. The maximum atomic E-state index is 6.03. The summed E-state index contributed by atoms with van der Waals surface area (Å²) in [5, 5.41) is 3.67. The summed E-state index contributed by atoms with van der Waals surface area (Å²) in [6.45, 7) is 9.23. The first-order valence-corrected chi connectivity index (χ1v) is 6.59. The van der Waals surface area contributed by atoms with Crippen LogP contribution in [0.25, 0.3) is 0 Å². The standard InChI is InChI=1S/C15H21NO2/c1-14(2)13(16-8-15(3)9-17-10-15)11-6-4-5-7-12(11)18-14/h4-7,13,16H,8-10H2,1-3H3. The van der Waals surface area contributed by atoms with Crippen LogP contribution in [-0.2, 0) is 4.74 Å². The lowest BCUT2D eigenvalue weighted by Crippen LogP contribution is -2.50. The summed E-state index contributed by atoms with van der Waals surface area (Å²) in [5.74, 6) is 1.01. The van der Waals surface area contributed by atoms with Crippen molar-refractivity contribution in [1.82, 2.24) is 5.32 Å². The van der Waals surface area contributed by atoms with Crippen LogP contribution >= 0.6 is 0 Å². The van der Waals surface area contributed by atoms with Gasteiger partial charge in [0.1, 0.15) is 11.4 Å². The summed E-state index contributed by atoms with van der Waals surface area (Å²) in [6, 6.07) is 8.56. The van der Waals surface area contributed by atoms with Crippen LogP contribution in [0.5, 0.6) is 5.75 Å². The van der Waals surface area contributed by atoms with E-state index >= 15 is 0 Å². The molecule has 0 aromatic heterocycles. The fourth-order valence-electron chi connectivity index (χ4n) is 2.79. The molecule has 1 saturated heterocycles. The van der Waals surface area contributed by atoms with Crippen molar-refractivity contribution in [2.75, 3.05) is 19.8 Å². The second kappa shape index (κ2) is 3.97. The Bertz CT molecular complexity index is 452. The Labute approximate surface area is 108 Å². The molecule has 0 radical (unpaired) electrons. The van der Waals surface area contributed by atoms with Crippen LogP contribution in [0.2, 0.25) is 0 Å². The van der Waals surface area contributed by atoms with Gasteiger partial charge < -0.3 is 14.8 Å². The van der Waals surface area contributed by atoms with E-state index < -0.39 is 0 Å². The van der Waals surface area contributed by atoms with Gasteiger partial charge in [-0.1, -0.05) is 25.1 Å². The monoisotopic (exact) mass is 247 g/mol. The molecule has 1 N–H and O–H groups in total. The van der Waals surface area contributed by atoms with Crippen LogP contribution in [0, 0.1) is 5.41 Å². The van der Waals surface area contributed by atoms with E-state index in [0.29, 0.717) is 0 Å². The highest BCUT2D eigenvalue weighted by Crippen LogP contribution is 2.43. The van der Waals surface area contributed by atoms with Crippen molar-refractivity contribution in [2.45, 2.75) is 32.4 Å². The summed E-state index contributed by atoms with van der Waals surface area (Å²) in [5.41, 5.74) is 1.37. The van der Waals surface area contributed by atoms with Gasteiger partial charge in [0.25, 0.3) is 0 Å². The molecule has 3 rings (SSSR count). The lowest BCUT2D eigenvalue weighted by Gasteiger charge is -2.40. The number of nitrogens with one attached hydrogen (secondary N) is 1. The normalized spacial score (nSPS) is 27.2. The predicted molar refractivity (Wildman–Crippen MR) is 70.8 cm³/mol. The first kappa shape index (κ1) is 12.0. The third kappa shape index (κ3) is 1.91. The minimum atomic E-state index is -0.190. The number of ether oxygens (including phenoxy) is 2. The van der Waals surface area contributed by atoms with Crippen molar-refractivity contribution in [3.8, 4) is 5.75 Å². The number of fused-ring (bicyclic) bond motifs is 1. The topological polar surface area (TPSA) is 30.5 Å². The van der Waals surface area contributed by atoms with Crippen LogP contribution in [0.4, 0.5) is 0 Å². The van der Waals surface area contributed by atoms with E-state index in [-0.39, 0.29) is 17.1 Å². The van der Waals surface area contributed by atoms with Crippen molar-refractivity contribution in [2.24, 2.45) is 5.41 Å². The minimum Gasteiger partial charge on any atom is -0.486 e. The molecule has 0 bridgehead atoms. The number of rotatable bonds is 3. The summed E-state index contributed by atoms with van der Waals surface area (Å²) in [6.07, 6.45) is 0. The Morgan fingerprint density at radius 2 is 1.94 bits per heavy atom. The van der Waals surface area contributed by atoms with Crippen LogP contribution < -0.4 is 10.1 Å². The molecule has 1 unspecified atom stereocenters. The van der Waals surface area contributed by atoms with Crippen molar-refractivity contribution in [3.63, 3.8) is 0 Å². The molecule has 0 spiro atoms. The second-order valence-electron chi connectivity index (χ2n) is 6.36. The molecule has 2 aliphatic heterocycles. The quantitative estimate of drug-likeness (QED) is 0.890. The highest BCUT2D eigenvalue weighted by Gasteiger charge is 2.42. The minimum absolute atomic E-state index is 0.190. The maximum absolute atomic E-state index is 6.03. The largest absolute Gasteiger partial charge is 0.486 e. The number of hydrogen-bond donors (Lipinski definition) is 1. The molecule has 1 atom stereocenters. The van der Waals surface area contributed by atoms with Crippen LogP contribution in [0.3, 0.4) is 0 Å². The fraction of sp³-hybridized carbons (Fsp3) is 0.600. The van der Waals surface area contributed by atoms with E-state index in [4.69, 9.17) is 9.47 Å². The van der Waals surface area contributed by atoms with E-state index in [2.05, 4.69) is 38.2 Å². The Hall–Kier alpha value is -1.06. The van der Waals surface area contributed by atoms with Crippen LogP contribution in [-0.4, -0.2) is 25.4 Å². The average molecular weight is 247 g/mol. The van der Waals surface area contributed by atoms with Gasteiger partial charge in [0.05, 0.1) is 19.3 Å². The molecule has 0 aliphatic carbocycles. The average Bonchev–Trinajstić information content (AvgIpc) is 2.54. The summed E-state index contributed by atoms with van der Waals surface area (Å²) in [4.78, 5) is 0. The molecule has 98 valence electrons. The Kier molecular flexibility index (Phi) is 2.65. The van der Waals surface area contributed by atoms with Gasteiger partial charge in [-0.3, -0.25) is 0 Å². The van der Waals surface area contributed by atoms with Crippen molar-refractivity contribution < 1.29 is 9.47 Å². The molecule has 3 nitrogen and oxygen atoms in total. The van der Waals surface area contributed by atoms with Crippen molar-refractivity contribution >= 4 is 0 Å². The highest BCUT2D eigenvalue weighted by molar-refractivity contribution is 5.42. The Morgan fingerprint density at radius 1 is 1.22 bits per heavy atom. The lowest BCUT2D eigenvalue weighted by atomic mass is 9.87. The molecule has 1 aromatic carbocycles. The highest BCUT2D eigenvalue weighted by atomic mass is 16.5. The third-order valence-electron chi connectivity index (χ3n) is 3.93. The van der Waals surface area contributed by atoms with Crippen molar-refractivity contribution in [3.05, 3.63) is 29.8 Å². The zero-order valence-electron chi connectivity index (χ0n) is 11.3. The lowest BCUT2D eigenvalue weighted by molar-refractivity contribution is -0.102. The fourth-order valence-corrected chi connectivity index (χ4v) is 2.79. The SMILES string of the molecule is CC1(CNC2c3ccccc3OC2(C)C)COC1. The summed E-state index contributed by atoms with van der Waals surface area (Å²) >= 11 is 0. The second-order valence-corrected chi connectivity index (χ2v) is 6.36. The molecule has 18 heavy (non-hydrogen) atoms. The molecule has 1 fully saturated rings. The van der Waals surface area contributed by atoms with Gasteiger partial charge in [-0.05, 0) is 19.9 Å². The maximum Gasteiger partial charge on any atom is 0.125 e. The first-order chi connectivity index (χ1) is 8.50. The molecule has 3 heteroatoms. The number of hydrogen-bond acceptors (Lipinski definition) is 3. The molecule has 0 saturated carbocycles. The van der Waals surface area contributed by atoms with Gasteiger partial charge in [-0.15, -0.1) is 0 Å². The van der Waals surface area contributed by atoms with Gasteiger partial charge in [0, 0.05) is 17.5 Å². The molecule has 2 aliphatic rings. The summed E-state index contributed by atoms with van der Waals surface area (Å²) < 4.78 is 11.3. The van der Waals surface area contributed by atoms with Gasteiger partial charge in [0.2, 0.25) is 0 Å². The van der Waals surface area contributed by atoms with Crippen LogP contribution in [0.1, 0.15) is 32.4 Å². The van der Waals surface area contributed by atoms with Crippen LogP contribution in [0.15, 0.2) is 24.3 Å². The number of para-hydroxylation sites is 1. The van der Waals surface area contributed by atoms with Crippen molar-refractivity contribution in [1.29, 1.82) is 0 Å². The zero-order chi connectivity index (χ0) is 12.8. The molecular formula is C15H21NO2. The third-order valence-corrected chi connectivity index (χ3v) is 3.93. The Morgan fingerprint density at radius 3 is 2.61 bits per heavy atom. The molecular weight excluding hydrogens is 226 g/mol. The Balaban J connectivity index is 1.77. The van der Waals surface area contributed by atoms with E-state index in [0.717, 1.165) is 25.5 Å². The molecule has 0 amide bonds. The van der Waals surface area contributed by atoms with Gasteiger partial charge in [-0.25, -0.2) is 0 Å². The van der Waals surface area contributed by atoms with E-state index in [1.807, 2.05) is 12.1 Å². The van der Waals surface area contributed by atoms with Gasteiger partial charge in [0.15, 0.2) is 0 Å². The zero-order valence-corrected chi connectivity index (χ0v) is 11.3. The first-order valence-electron chi connectivity index (χ1n) is 6.59. The molecule has 1 aromatic rings.